The third-order valence-electron chi connectivity index (χ3n) is 4.02. The second-order valence-electron chi connectivity index (χ2n) is 5.75. The highest BCUT2D eigenvalue weighted by molar-refractivity contribution is 7.89. The number of sulfonamides is 1. The molecule has 7 heteroatoms. The van der Waals surface area contributed by atoms with Crippen LogP contribution in [0.1, 0.15) is 12.8 Å². The zero-order chi connectivity index (χ0) is 17.0. The van der Waals surface area contributed by atoms with Crippen molar-refractivity contribution in [3.63, 3.8) is 0 Å². The molecule has 0 radical (unpaired) electrons. The van der Waals surface area contributed by atoms with Crippen LogP contribution in [0.3, 0.4) is 0 Å². The monoisotopic (exact) mass is 340 g/mol. The lowest BCUT2D eigenvalue weighted by atomic mass is 9.99. The van der Waals surface area contributed by atoms with Gasteiger partial charge in [0.05, 0.1) is 4.90 Å². The fourth-order valence-electron chi connectivity index (χ4n) is 2.78. The highest BCUT2D eigenvalue weighted by Gasteiger charge is 2.31. The van der Waals surface area contributed by atoms with Crippen molar-refractivity contribution >= 4 is 15.9 Å². The number of carbonyl (C=O) groups is 1. The maximum atomic E-state index is 13.0. The molecule has 1 aromatic carbocycles. The van der Waals surface area contributed by atoms with E-state index in [0.717, 1.165) is 25.0 Å². The lowest BCUT2D eigenvalue weighted by Gasteiger charge is -2.33. The molecule has 1 aromatic rings. The number of piperidine rings is 1. The van der Waals surface area contributed by atoms with Crippen LogP contribution in [0, 0.1) is 11.7 Å². The van der Waals surface area contributed by atoms with Gasteiger partial charge < -0.3 is 4.90 Å². The molecule has 23 heavy (non-hydrogen) atoms. The van der Waals surface area contributed by atoms with Crippen molar-refractivity contribution in [3.05, 3.63) is 42.7 Å². The van der Waals surface area contributed by atoms with Crippen LogP contribution in [0.4, 0.5) is 4.39 Å². The van der Waals surface area contributed by atoms with E-state index in [2.05, 4.69) is 6.58 Å². The SMILES string of the molecule is C=CC(=O)N(C)CC1CCCN(S(=O)(=O)c2ccc(F)cc2)C1. The number of rotatable bonds is 5. The molecule has 0 bridgehead atoms. The van der Waals surface area contributed by atoms with Crippen molar-refractivity contribution < 1.29 is 17.6 Å². The third-order valence-corrected chi connectivity index (χ3v) is 5.90. The van der Waals surface area contributed by atoms with E-state index < -0.39 is 15.8 Å². The fourth-order valence-corrected chi connectivity index (χ4v) is 4.34. The van der Waals surface area contributed by atoms with Crippen molar-refractivity contribution in [3.8, 4) is 0 Å². The number of hydrogen-bond acceptors (Lipinski definition) is 3. The molecule has 5 nitrogen and oxygen atoms in total. The van der Waals surface area contributed by atoms with Crippen molar-refractivity contribution in [2.75, 3.05) is 26.7 Å². The summed E-state index contributed by atoms with van der Waals surface area (Å²) in [6, 6.07) is 4.85. The molecular formula is C16H21FN2O3S. The highest BCUT2D eigenvalue weighted by Crippen LogP contribution is 2.24. The molecule has 0 aromatic heterocycles. The molecule has 0 N–H and O–H groups in total. The van der Waals surface area contributed by atoms with Crippen LogP contribution in [0.25, 0.3) is 0 Å². The van der Waals surface area contributed by atoms with Crippen molar-refractivity contribution in [1.29, 1.82) is 0 Å². The Labute approximate surface area is 136 Å². The normalized spacial score (nSPS) is 19.3. The van der Waals surface area contributed by atoms with Gasteiger partial charge in [0.25, 0.3) is 0 Å². The van der Waals surface area contributed by atoms with Gasteiger partial charge in [-0.05, 0) is 49.1 Å². The Bertz CT molecular complexity index is 673. The van der Waals surface area contributed by atoms with Gasteiger partial charge in [-0.15, -0.1) is 0 Å². The predicted octanol–water partition coefficient (Wildman–Crippen LogP) is 1.87. The van der Waals surface area contributed by atoms with Crippen LogP contribution >= 0.6 is 0 Å². The number of nitrogens with zero attached hydrogens (tertiary/aromatic N) is 2. The first-order valence-corrected chi connectivity index (χ1v) is 8.92. The molecule has 0 aliphatic carbocycles. The predicted molar refractivity (Wildman–Crippen MR) is 85.7 cm³/mol. The van der Waals surface area contributed by atoms with Crippen LogP contribution in [0.2, 0.25) is 0 Å². The summed E-state index contributed by atoms with van der Waals surface area (Å²) < 4.78 is 39.6. The molecule has 1 unspecified atom stereocenters. The highest BCUT2D eigenvalue weighted by atomic mass is 32.2. The fraction of sp³-hybridized carbons (Fsp3) is 0.438. The number of amides is 1. The average Bonchev–Trinajstić information content (AvgIpc) is 2.54. The smallest absolute Gasteiger partial charge is 0.245 e. The molecule has 0 saturated carbocycles. The molecule has 0 spiro atoms. The van der Waals surface area contributed by atoms with E-state index in [0.29, 0.717) is 19.6 Å². The van der Waals surface area contributed by atoms with Crippen molar-refractivity contribution in [1.82, 2.24) is 9.21 Å². The van der Waals surface area contributed by atoms with Gasteiger partial charge in [0.1, 0.15) is 5.82 Å². The van der Waals surface area contributed by atoms with Gasteiger partial charge in [-0.1, -0.05) is 6.58 Å². The second-order valence-corrected chi connectivity index (χ2v) is 7.69. The summed E-state index contributed by atoms with van der Waals surface area (Å²) in [6.45, 7) is 4.73. The van der Waals surface area contributed by atoms with Gasteiger partial charge in [0, 0.05) is 26.7 Å². The quantitative estimate of drug-likeness (QED) is 0.769. The number of carbonyl (C=O) groups excluding carboxylic acids is 1. The van der Waals surface area contributed by atoms with Gasteiger partial charge >= 0.3 is 0 Å². The molecule has 1 saturated heterocycles. The molecule has 1 aliphatic rings. The maximum absolute atomic E-state index is 13.0. The second kappa shape index (κ2) is 7.23. The van der Waals surface area contributed by atoms with E-state index in [1.807, 2.05) is 0 Å². The third kappa shape index (κ3) is 4.17. The van der Waals surface area contributed by atoms with E-state index >= 15 is 0 Å². The number of halogens is 1. The molecule has 2 rings (SSSR count). The minimum Gasteiger partial charge on any atom is -0.342 e. The summed E-state index contributed by atoms with van der Waals surface area (Å²) in [5.41, 5.74) is 0. The van der Waals surface area contributed by atoms with Crippen LogP contribution in [-0.2, 0) is 14.8 Å². The minimum atomic E-state index is -3.63. The molecule has 1 atom stereocenters. The Morgan fingerprint density at radius 1 is 1.43 bits per heavy atom. The Balaban J connectivity index is 2.09. The summed E-state index contributed by atoms with van der Waals surface area (Å²) in [5.74, 6) is -0.568. The molecule has 1 aliphatic heterocycles. The van der Waals surface area contributed by atoms with Gasteiger partial charge in [-0.25, -0.2) is 12.8 Å². The molecule has 1 fully saturated rings. The molecular weight excluding hydrogens is 319 g/mol. The zero-order valence-corrected chi connectivity index (χ0v) is 13.9. The summed E-state index contributed by atoms with van der Waals surface area (Å²) in [6.07, 6.45) is 2.85. The number of likely N-dealkylation sites (N-methyl/N-ethyl adjacent to an activating group) is 1. The van der Waals surface area contributed by atoms with E-state index in [-0.39, 0.29) is 16.7 Å². The van der Waals surface area contributed by atoms with Gasteiger partial charge in [0.2, 0.25) is 15.9 Å². The van der Waals surface area contributed by atoms with E-state index in [9.17, 15) is 17.6 Å². The molecule has 1 heterocycles. The summed E-state index contributed by atoms with van der Waals surface area (Å²) in [4.78, 5) is 13.2. The Hall–Kier alpha value is -1.73. The topological polar surface area (TPSA) is 57.7 Å². The first-order chi connectivity index (χ1) is 10.8. The van der Waals surface area contributed by atoms with Crippen molar-refractivity contribution in [2.24, 2.45) is 5.92 Å². The largest absolute Gasteiger partial charge is 0.342 e. The Morgan fingerprint density at radius 2 is 2.09 bits per heavy atom. The van der Waals surface area contributed by atoms with Crippen LogP contribution < -0.4 is 0 Å². The minimum absolute atomic E-state index is 0.0767. The van der Waals surface area contributed by atoms with Crippen LogP contribution in [-0.4, -0.2) is 50.2 Å². The zero-order valence-electron chi connectivity index (χ0n) is 13.1. The van der Waals surface area contributed by atoms with Crippen molar-refractivity contribution in [2.45, 2.75) is 17.7 Å². The number of benzene rings is 1. The first-order valence-electron chi connectivity index (χ1n) is 7.48. The standard InChI is InChI=1S/C16H21FN2O3S/c1-3-16(20)18(2)11-13-5-4-10-19(12-13)23(21,22)15-8-6-14(17)7-9-15/h3,6-9,13H,1,4-5,10-12H2,2H3. The van der Waals surface area contributed by atoms with Gasteiger partial charge in [-0.3, -0.25) is 4.79 Å². The maximum Gasteiger partial charge on any atom is 0.245 e. The Morgan fingerprint density at radius 3 is 2.70 bits per heavy atom. The summed E-state index contributed by atoms with van der Waals surface area (Å²) in [5, 5.41) is 0. The molecule has 126 valence electrons. The molecule has 1 amide bonds. The van der Waals surface area contributed by atoms with Crippen LogP contribution in [0.5, 0.6) is 0 Å². The summed E-state index contributed by atoms with van der Waals surface area (Å²) >= 11 is 0. The van der Waals surface area contributed by atoms with Gasteiger partial charge in [0.15, 0.2) is 0 Å². The lowest BCUT2D eigenvalue weighted by molar-refractivity contribution is -0.125. The summed E-state index contributed by atoms with van der Waals surface area (Å²) in [7, 11) is -1.95. The van der Waals surface area contributed by atoms with Gasteiger partial charge in [-0.2, -0.15) is 4.31 Å². The number of hydrogen-bond donors (Lipinski definition) is 0. The Kier molecular flexibility index (Phi) is 5.54. The van der Waals surface area contributed by atoms with E-state index in [1.165, 1.54) is 22.5 Å². The van der Waals surface area contributed by atoms with E-state index in [1.54, 1.807) is 11.9 Å². The van der Waals surface area contributed by atoms with Crippen LogP contribution in [0.15, 0.2) is 41.8 Å². The van der Waals surface area contributed by atoms with E-state index in [4.69, 9.17) is 0 Å². The first kappa shape index (κ1) is 17.6. The average molecular weight is 340 g/mol. The lowest BCUT2D eigenvalue weighted by Crippen LogP contribution is -2.43.